The van der Waals surface area contributed by atoms with Gasteiger partial charge in [-0.1, -0.05) is 351 Å². The molecule has 0 rings (SSSR count). The van der Waals surface area contributed by atoms with Gasteiger partial charge in [-0.05, 0) is 70.6 Å². The number of hydrogen-bond donors (Lipinski definition) is 0. The van der Waals surface area contributed by atoms with E-state index in [2.05, 4.69) is 93.7 Å². The number of carbonyl (C=O) groups excluding carboxylic acids is 3. The molecular weight excluding hydrogens is 997 g/mol. The summed E-state index contributed by atoms with van der Waals surface area (Å²) in [5, 5.41) is 0. The molecular formula is C75H134O6. The molecule has 0 spiro atoms. The monoisotopic (exact) mass is 1130 g/mol. The van der Waals surface area contributed by atoms with Crippen molar-refractivity contribution in [2.24, 2.45) is 0 Å². The lowest BCUT2D eigenvalue weighted by atomic mass is 10.0. The van der Waals surface area contributed by atoms with E-state index in [4.69, 9.17) is 14.2 Å². The zero-order chi connectivity index (χ0) is 58.5. The molecule has 6 heteroatoms. The smallest absolute Gasteiger partial charge is 0.306 e. The lowest BCUT2D eigenvalue weighted by Crippen LogP contribution is -2.30. The molecule has 0 bridgehead atoms. The number of hydrogen-bond acceptors (Lipinski definition) is 6. The Labute approximate surface area is 503 Å². The van der Waals surface area contributed by atoms with Gasteiger partial charge in [-0.15, -0.1) is 0 Å². The maximum absolute atomic E-state index is 13.0. The first-order chi connectivity index (χ1) is 40.0. The van der Waals surface area contributed by atoms with E-state index in [-0.39, 0.29) is 31.1 Å². The van der Waals surface area contributed by atoms with Gasteiger partial charge in [0.2, 0.25) is 0 Å². The van der Waals surface area contributed by atoms with E-state index in [0.29, 0.717) is 19.3 Å². The van der Waals surface area contributed by atoms with Gasteiger partial charge < -0.3 is 14.2 Å². The van der Waals surface area contributed by atoms with Crippen LogP contribution in [-0.2, 0) is 28.6 Å². The second-order valence-corrected chi connectivity index (χ2v) is 23.8. The number of ether oxygens (including phenoxy) is 3. The molecule has 1 unspecified atom stereocenters. The Morgan fingerprint density at radius 1 is 0.259 bits per heavy atom. The lowest BCUT2D eigenvalue weighted by molar-refractivity contribution is -0.167. The first-order valence-corrected chi connectivity index (χ1v) is 35.4. The highest BCUT2D eigenvalue weighted by atomic mass is 16.6. The van der Waals surface area contributed by atoms with Crippen molar-refractivity contribution in [1.82, 2.24) is 0 Å². The third-order valence-electron chi connectivity index (χ3n) is 15.7. The molecule has 0 N–H and O–H groups in total. The third-order valence-corrected chi connectivity index (χ3v) is 15.7. The van der Waals surface area contributed by atoms with Crippen molar-refractivity contribution in [1.29, 1.82) is 0 Å². The Bertz CT molecular complexity index is 1490. The highest BCUT2D eigenvalue weighted by molar-refractivity contribution is 5.71. The van der Waals surface area contributed by atoms with Crippen LogP contribution in [0.2, 0.25) is 0 Å². The number of allylic oxidation sites excluding steroid dienone is 12. The first kappa shape index (κ1) is 77.9. The molecule has 0 aromatic heterocycles. The van der Waals surface area contributed by atoms with E-state index in [1.54, 1.807) is 0 Å². The predicted octanol–water partition coefficient (Wildman–Crippen LogP) is 24.4. The molecule has 0 fully saturated rings. The van der Waals surface area contributed by atoms with Gasteiger partial charge >= 0.3 is 17.9 Å². The van der Waals surface area contributed by atoms with Crippen LogP contribution < -0.4 is 0 Å². The van der Waals surface area contributed by atoms with Crippen molar-refractivity contribution >= 4 is 17.9 Å². The molecule has 0 amide bonds. The molecule has 6 nitrogen and oxygen atoms in total. The normalized spacial score (nSPS) is 12.5. The molecule has 1 atom stereocenters. The minimum absolute atomic E-state index is 0.0720. The predicted molar refractivity (Wildman–Crippen MR) is 353 cm³/mol. The second kappa shape index (κ2) is 69.3. The zero-order valence-electron chi connectivity index (χ0n) is 54.1. The summed E-state index contributed by atoms with van der Waals surface area (Å²) in [6.07, 6.45) is 90.6. The molecule has 0 aliphatic rings. The maximum Gasteiger partial charge on any atom is 0.306 e. The van der Waals surface area contributed by atoms with Crippen molar-refractivity contribution in [2.75, 3.05) is 13.2 Å². The topological polar surface area (TPSA) is 78.9 Å². The highest BCUT2D eigenvalue weighted by Crippen LogP contribution is 2.18. The maximum atomic E-state index is 13.0. The number of carbonyl (C=O) groups is 3. The van der Waals surface area contributed by atoms with E-state index < -0.39 is 6.10 Å². The Morgan fingerprint density at radius 3 is 0.753 bits per heavy atom. The van der Waals surface area contributed by atoms with E-state index in [9.17, 15) is 14.4 Å². The van der Waals surface area contributed by atoms with Gasteiger partial charge in [0.1, 0.15) is 13.2 Å². The van der Waals surface area contributed by atoms with E-state index >= 15 is 0 Å². The van der Waals surface area contributed by atoms with E-state index in [1.165, 1.54) is 225 Å². The molecule has 0 aromatic rings. The zero-order valence-corrected chi connectivity index (χ0v) is 54.1. The summed E-state index contributed by atoms with van der Waals surface area (Å²) < 4.78 is 17.0. The van der Waals surface area contributed by atoms with Crippen LogP contribution in [0.1, 0.15) is 367 Å². The number of esters is 3. The van der Waals surface area contributed by atoms with Crippen molar-refractivity contribution in [3.8, 4) is 0 Å². The third kappa shape index (κ3) is 67.5. The standard InChI is InChI=1S/C75H134O6/c1-4-7-10-13-16-19-22-25-28-31-33-34-35-36-37-38-39-40-42-44-47-50-53-56-59-62-65-68-74(77)80-71-72(70-79-73(76)67-64-61-58-55-52-49-46-43-30-27-24-21-18-15-12-9-6-3)81-75(78)69-66-63-60-57-54-51-48-45-41-32-29-26-23-20-17-14-11-8-5-2/h7,10,16,19,25,28,33-34,36-37,39-40,72H,4-6,8-9,11-15,17-18,20-24,26-27,29-32,35,38,41-71H2,1-3H3/b10-7-,19-16-,28-25-,34-33-,37-36-,40-39-. The average Bonchev–Trinajstić information content (AvgIpc) is 3.47. The van der Waals surface area contributed by atoms with Crippen LogP contribution in [0.3, 0.4) is 0 Å². The van der Waals surface area contributed by atoms with Crippen LogP contribution in [0.5, 0.6) is 0 Å². The summed E-state index contributed by atoms with van der Waals surface area (Å²) >= 11 is 0. The van der Waals surface area contributed by atoms with Gasteiger partial charge in [0, 0.05) is 19.3 Å². The first-order valence-electron chi connectivity index (χ1n) is 35.4. The molecule has 0 heterocycles. The average molecular weight is 1130 g/mol. The van der Waals surface area contributed by atoms with Crippen LogP contribution in [0.4, 0.5) is 0 Å². The number of unbranched alkanes of at least 4 members (excludes halogenated alkanes) is 42. The van der Waals surface area contributed by atoms with Crippen LogP contribution in [0.15, 0.2) is 72.9 Å². The Hall–Kier alpha value is -3.15. The number of rotatable bonds is 65. The molecule has 0 aliphatic heterocycles. The highest BCUT2D eigenvalue weighted by Gasteiger charge is 2.19. The van der Waals surface area contributed by atoms with E-state index in [1.807, 2.05) is 0 Å². The van der Waals surface area contributed by atoms with Crippen molar-refractivity contribution in [3.63, 3.8) is 0 Å². The molecule has 0 aliphatic carbocycles. The molecule has 0 radical (unpaired) electrons. The molecule has 0 saturated carbocycles. The fraction of sp³-hybridized carbons (Fsp3) is 0.800. The van der Waals surface area contributed by atoms with Gasteiger partial charge in [0.05, 0.1) is 0 Å². The fourth-order valence-corrected chi connectivity index (χ4v) is 10.5. The van der Waals surface area contributed by atoms with Gasteiger partial charge in [0.15, 0.2) is 6.10 Å². The van der Waals surface area contributed by atoms with Gasteiger partial charge in [0.25, 0.3) is 0 Å². The summed E-state index contributed by atoms with van der Waals surface area (Å²) in [5.41, 5.74) is 0. The Balaban J connectivity index is 4.33. The van der Waals surface area contributed by atoms with Crippen molar-refractivity contribution in [2.45, 2.75) is 374 Å². The lowest BCUT2D eigenvalue weighted by Gasteiger charge is -2.18. The summed E-state index contributed by atoms with van der Waals surface area (Å²) in [4.78, 5) is 38.5. The van der Waals surface area contributed by atoms with E-state index in [0.717, 1.165) is 103 Å². The summed E-state index contributed by atoms with van der Waals surface area (Å²) in [6, 6.07) is 0. The second-order valence-electron chi connectivity index (χ2n) is 23.8. The minimum atomic E-state index is -0.777. The van der Waals surface area contributed by atoms with Gasteiger partial charge in [-0.25, -0.2) is 0 Å². The molecule has 470 valence electrons. The van der Waals surface area contributed by atoms with Crippen molar-refractivity contribution in [3.05, 3.63) is 72.9 Å². The largest absolute Gasteiger partial charge is 0.462 e. The van der Waals surface area contributed by atoms with Crippen LogP contribution in [-0.4, -0.2) is 37.2 Å². The van der Waals surface area contributed by atoms with Crippen LogP contribution in [0.25, 0.3) is 0 Å². The van der Waals surface area contributed by atoms with Crippen LogP contribution >= 0.6 is 0 Å². The molecule has 81 heavy (non-hydrogen) atoms. The quantitative estimate of drug-likeness (QED) is 0.0261. The minimum Gasteiger partial charge on any atom is -0.462 e. The molecule has 0 aromatic carbocycles. The van der Waals surface area contributed by atoms with Crippen LogP contribution in [0, 0.1) is 0 Å². The summed E-state index contributed by atoms with van der Waals surface area (Å²) in [5.74, 6) is -0.855. The van der Waals surface area contributed by atoms with Gasteiger partial charge in [-0.3, -0.25) is 14.4 Å². The summed E-state index contributed by atoms with van der Waals surface area (Å²) in [6.45, 7) is 6.59. The van der Waals surface area contributed by atoms with Crippen molar-refractivity contribution < 1.29 is 28.6 Å². The SMILES string of the molecule is CC/C=C\C/C=C\C/C=C\C/C=C\C/C=C\C/C=C\CCCCCCCCCCC(=O)OCC(COC(=O)CCCCCCCCCCCCCCCCCCC)OC(=O)CCCCCCCCCCCCCCCCCCCCC. The Morgan fingerprint density at radius 2 is 0.481 bits per heavy atom. The molecule has 0 saturated heterocycles. The Kier molecular flexibility index (Phi) is 66.6. The summed E-state index contributed by atoms with van der Waals surface area (Å²) in [7, 11) is 0. The van der Waals surface area contributed by atoms with Gasteiger partial charge in [-0.2, -0.15) is 0 Å². The fourth-order valence-electron chi connectivity index (χ4n) is 10.5.